The number of fused-ring (bicyclic) bond motifs is 2. The third-order valence-electron chi connectivity index (χ3n) is 5.32. The lowest BCUT2D eigenvalue weighted by Gasteiger charge is -2.33. The highest BCUT2D eigenvalue weighted by atomic mass is 35.5. The predicted molar refractivity (Wildman–Crippen MR) is 110 cm³/mol. The number of nitrogens with zero attached hydrogens (tertiary/aromatic N) is 2. The number of anilines is 2. The first-order valence-electron chi connectivity index (χ1n) is 9.67. The van der Waals surface area contributed by atoms with E-state index in [1.807, 2.05) is 0 Å². The lowest BCUT2D eigenvalue weighted by Crippen LogP contribution is -2.35. The smallest absolute Gasteiger partial charge is 0.410 e. The standard InChI is InChI=1S/C21H16ClF3N4O3/c22-12-2-4-13(5-3-12)26-20(30)15-9-19-27-14(8-18(21(23,24)25)29(19)28-15)11-1-6-16-17(7-11)32-10-31-16/h1-7,9,14,18,27H,8,10H2,(H,26,30)/t14-,18-/m1/s1. The summed E-state index contributed by atoms with van der Waals surface area (Å²) >= 11 is 5.83. The average molecular weight is 465 g/mol. The van der Waals surface area contributed by atoms with Crippen molar-refractivity contribution in [2.24, 2.45) is 0 Å². The Morgan fingerprint density at radius 2 is 1.88 bits per heavy atom. The summed E-state index contributed by atoms with van der Waals surface area (Å²) in [6.45, 7) is 0.0704. The SMILES string of the molecule is O=C(Nc1ccc(Cl)cc1)c1cc2n(n1)[C@@H](C(F)(F)F)C[C@H](c1ccc3c(c1)OCO3)N2. The van der Waals surface area contributed by atoms with E-state index in [-0.39, 0.29) is 24.7 Å². The first-order valence-corrected chi connectivity index (χ1v) is 10.0. The Balaban J connectivity index is 1.44. The monoisotopic (exact) mass is 464 g/mol. The lowest BCUT2D eigenvalue weighted by molar-refractivity contribution is -0.173. The molecule has 7 nitrogen and oxygen atoms in total. The molecule has 2 aliphatic rings. The summed E-state index contributed by atoms with van der Waals surface area (Å²) in [7, 11) is 0. The van der Waals surface area contributed by atoms with Crippen LogP contribution in [0.2, 0.25) is 5.02 Å². The van der Waals surface area contributed by atoms with Crippen LogP contribution in [-0.4, -0.2) is 28.7 Å². The van der Waals surface area contributed by atoms with Gasteiger partial charge in [-0.2, -0.15) is 18.3 Å². The van der Waals surface area contributed by atoms with Crippen LogP contribution in [0, 0.1) is 0 Å². The number of rotatable bonds is 3. The van der Waals surface area contributed by atoms with Crippen molar-refractivity contribution in [2.45, 2.75) is 24.7 Å². The third-order valence-corrected chi connectivity index (χ3v) is 5.58. The molecule has 32 heavy (non-hydrogen) atoms. The maximum Gasteiger partial charge on any atom is 0.410 e. The van der Waals surface area contributed by atoms with Crippen LogP contribution in [-0.2, 0) is 0 Å². The van der Waals surface area contributed by atoms with Gasteiger partial charge in [0, 0.05) is 23.2 Å². The van der Waals surface area contributed by atoms with Crippen molar-refractivity contribution in [1.29, 1.82) is 0 Å². The highest BCUT2D eigenvalue weighted by Gasteiger charge is 2.47. The van der Waals surface area contributed by atoms with Gasteiger partial charge in [0.1, 0.15) is 5.82 Å². The summed E-state index contributed by atoms with van der Waals surface area (Å²) in [5, 5.41) is 10.1. The van der Waals surface area contributed by atoms with E-state index < -0.39 is 24.2 Å². The molecule has 0 saturated heterocycles. The van der Waals surface area contributed by atoms with Gasteiger partial charge >= 0.3 is 6.18 Å². The molecule has 0 bridgehead atoms. The van der Waals surface area contributed by atoms with E-state index >= 15 is 0 Å². The lowest BCUT2D eigenvalue weighted by atomic mass is 9.96. The largest absolute Gasteiger partial charge is 0.454 e. The minimum atomic E-state index is -4.55. The Morgan fingerprint density at radius 1 is 1.12 bits per heavy atom. The number of amides is 1. The minimum absolute atomic E-state index is 0.0704. The molecule has 2 atom stereocenters. The Kier molecular flexibility index (Phi) is 4.89. The van der Waals surface area contributed by atoms with Gasteiger partial charge in [-0.3, -0.25) is 4.79 Å². The molecule has 2 aromatic carbocycles. The van der Waals surface area contributed by atoms with Crippen molar-refractivity contribution in [3.8, 4) is 11.5 Å². The molecule has 0 unspecified atom stereocenters. The fraction of sp³-hybridized carbons (Fsp3) is 0.238. The van der Waals surface area contributed by atoms with Gasteiger partial charge in [0.05, 0.1) is 6.04 Å². The van der Waals surface area contributed by atoms with Gasteiger partial charge in [-0.15, -0.1) is 0 Å². The van der Waals surface area contributed by atoms with Crippen LogP contribution in [0.15, 0.2) is 48.5 Å². The minimum Gasteiger partial charge on any atom is -0.454 e. The van der Waals surface area contributed by atoms with Gasteiger partial charge in [-0.1, -0.05) is 17.7 Å². The first kappa shape index (κ1) is 20.5. The summed E-state index contributed by atoms with van der Waals surface area (Å²) in [6, 6.07) is 10.1. The number of hydrogen-bond donors (Lipinski definition) is 2. The third kappa shape index (κ3) is 3.81. The Bertz CT molecular complexity index is 1180. The highest BCUT2D eigenvalue weighted by Crippen LogP contribution is 2.45. The molecule has 0 spiro atoms. The zero-order valence-corrected chi connectivity index (χ0v) is 17.1. The van der Waals surface area contributed by atoms with Crippen molar-refractivity contribution < 1.29 is 27.4 Å². The van der Waals surface area contributed by atoms with Crippen molar-refractivity contribution in [2.75, 3.05) is 17.4 Å². The Labute approximate surface area is 185 Å². The normalized spacial score (nSPS) is 19.2. The Hall–Kier alpha value is -3.40. The van der Waals surface area contributed by atoms with E-state index in [2.05, 4.69) is 15.7 Å². The molecule has 3 aromatic rings. The van der Waals surface area contributed by atoms with Crippen LogP contribution in [0.4, 0.5) is 24.7 Å². The molecular formula is C21H16ClF3N4O3. The number of alkyl halides is 3. The van der Waals surface area contributed by atoms with Crippen LogP contribution in [0.1, 0.15) is 34.6 Å². The van der Waals surface area contributed by atoms with Crippen molar-refractivity contribution in [1.82, 2.24) is 9.78 Å². The van der Waals surface area contributed by atoms with Crippen LogP contribution in [0.5, 0.6) is 11.5 Å². The first-order chi connectivity index (χ1) is 15.3. The fourth-order valence-electron chi connectivity index (χ4n) is 3.76. The van der Waals surface area contributed by atoms with E-state index in [0.717, 1.165) is 4.68 Å². The fourth-order valence-corrected chi connectivity index (χ4v) is 3.89. The number of carbonyl (C=O) groups excluding carboxylic acids is 1. The maximum absolute atomic E-state index is 13.9. The molecule has 0 fully saturated rings. The summed E-state index contributed by atoms with van der Waals surface area (Å²) < 4.78 is 53.1. The summed E-state index contributed by atoms with van der Waals surface area (Å²) in [6.07, 6.45) is -4.85. The molecule has 1 aromatic heterocycles. The quantitative estimate of drug-likeness (QED) is 0.558. The van der Waals surface area contributed by atoms with Gasteiger partial charge in [0.15, 0.2) is 23.2 Å². The van der Waals surface area contributed by atoms with Crippen LogP contribution in [0.25, 0.3) is 0 Å². The zero-order valence-electron chi connectivity index (χ0n) is 16.3. The van der Waals surface area contributed by atoms with Crippen molar-refractivity contribution >= 4 is 29.0 Å². The molecule has 0 radical (unpaired) electrons. The van der Waals surface area contributed by atoms with Gasteiger partial charge in [0.2, 0.25) is 6.79 Å². The number of halogens is 4. The summed E-state index contributed by atoms with van der Waals surface area (Å²) in [5.41, 5.74) is 0.926. The van der Waals surface area contributed by atoms with E-state index in [1.165, 1.54) is 6.07 Å². The van der Waals surface area contributed by atoms with Gasteiger partial charge in [0.25, 0.3) is 5.91 Å². The second-order valence-electron chi connectivity index (χ2n) is 7.42. The van der Waals surface area contributed by atoms with Crippen LogP contribution >= 0.6 is 11.6 Å². The molecular weight excluding hydrogens is 449 g/mol. The predicted octanol–water partition coefficient (Wildman–Crippen LogP) is 5.18. The second kappa shape index (κ2) is 7.63. The van der Waals surface area contributed by atoms with E-state index in [1.54, 1.807) is 42.5 Å². The molecule has 2 N–H and O–H groups in total. The highest BCUT2D eigenvalue weighted by molar-refractivity contribution is 6.30. The molecule has 2 aliphatic heterocycles. The second-order valence-corrected chi connectivity index (χ2v) is 7.86. The van der Waals surface area contributed by atoms with Crippen molar-refractivity contribution in [3.05, 3.63) is 64.8 Å². The number of nitrogens with one attached hydrogen (secondary N) is 2. The molecule has 1 amide bonds. The Morgan fingerprint density at radius 3 is 2.62 bits per heavy atom. The number of carbonyl (C=O) groups is 1. The number of benzene rings is 2. The number of ether oxygens (including phenoxy) is 2. The van der Waals surface area contributed by atoms with Crippen LogP contribution in [0.3, 0.4) is 0 Å². The molecule has 3 heterocycles. The molecule has 0 aliphatic carbocycles. The molecule has 166 valence electrons. The van der Waals surface area contributed by atoms with Gasteiger partial charge < -0.3 is 20.1 Å². The molecule has 11 heteroatoms. The summed E-state index contributed by atoms with van der Waals surface area (Å²) in [4.78, 5) is 12.6. The van der Waals surface area contributed by atoms with Crippen molar-refractivity contribution in [3.63, 3.8) is 0 Å². The summed E-state index contributed by atoms with van der Waals surface area (Å²) in [5.74, 6) is 0.497. The molecule has 5 rings (SSSR count). The van der Waals surface area contributed by atoms with Gasteiger partial charge in [-0.05, 0) is 42.0 Å². The number of hydrogen-bond acceptors (Lipinski definition) is 5. The van der Waals surface area contributed by atoms with E-state index in [0.29, 0.717) is 27.8 Å². The number of aromatic nitrogens is 2. The van der Waals surface area contributed by atoms with Crippen LogP contribution < -0.4 is 20.1 Å². The topological polar surface area (TPSA) is 77.4 Å². The van der Waals surface area contributed by atoms with E-state index in [9.17, 15) is 18.0 Å². The maximum atomic E-state index is 13.9. The zero-order chi connectivity index (χ0) is 22.5. The average Bonchev–Trinajstić information content (AvgIpc) is 3.40. The van der Waals surface area contributed by atoms with E-state index in [4.69, 9.17) is 21.1 Å². The molecule has 0 saturated carbocycles. The van der Waals surface area contributed by atoms with Gasteiger partial charge in [-0.25, -0.2) is 4.68 Å².